The summed E-state index contributed by atoms with van der Waals surface area (Å²) in [6.07, 6.45) is 3.31. The van der Waals surface area contributed by atoms with Crippen molar-refractivity contribution in [1.29, 1.82) is 0 Å². The molecule has 0 rings (SSSR count). The summed E-state index contributed by atoms with van der Waals surface area (Å²) in [4.78, 5) is 2.72. The summed E-state index contributed by atoms with van der Waals surface area (Å²) >= 11 is 0. The van der Waals surface area contributed by atoms with Gasteiger partial charge in [0.2, 0.25) is 16.6 Å². The Bertz CT molecular complexity index is 289. The molecule has 0 amide bonds. The summed E-state index contributed by atoms with van der Waals surface area (Å²) < 4.78 is 12.5. The van der Waals surface area contributed by atoms with E-state index in [1.807, 2.05) is 0 Å². The first-order chi connectivity index (χ1) is 10.7. The zero-order valence-electron chi connectivity index (χ0n) is 16.9. The summed E-state index contributed by atoms with van der Waals surface area (Å²) in [6.45, 7) is 21.7. The van der Waals surface area contributed by atoms with Gasteiger partial charge in [-0.1, -0.05) is 13.8 Å². The van der Waals surface area contributed by atoms with Gasteiger partial charge in [-0.15, -0.1) is 0 Å². The first-order valence-corrected chi connectivity index (χ1v) is 15.4. The molecular formula is C17H42N2O2Si2. The van der Waals surface area contributed by atoms with Crippen molar-refractivity contribution in [3.8, 4) is 0 Å². The van der Waals surface area contributed by atoms with Crippen LogP contribution in [0.15, 0.2) is 0 Å². The number of rotatable bonds is 13. The molecule has 0 aliphatic heterocycles. The molecule has 2 atom stereocenters. The molecule has 140 valence electrons. The third-order valence-corrected chi connectivity index (χ3v) is 11.6. The Balaban J connectivity index is 5.59. The lowest BCUT2D eigenvalue weighted by atomic mass is 10.3. The molecule has 6 heteroatoms. The van der Waals surface area contributed by atoms with Gasteiger partial charge in [-0.3, -0.25) is 4.90 Å². The van der Waals surface area contributed by atoms with Crippen molar-refractivity contribution < 1.29 is 8.85 Å². The molecule has 0 spiro atoms. The smallest absolute Gasteiger partial charge is 0.203 e. The topological polar surface area (TPSA) is 47.7 Å². The molecule has 0 heterocycles. The first-order valence-electron chi connectivity index (χ1n) is 9.45. The van der Waals surface area contributed by atoms with Crippen molar-refractivity contribution in [2.75, 3.05) is 26.3 Å². The standard InChI is InChI=1S/C17H42N2O2Si2/c1-9-16(22(5,6)20-11-3)19(15-13-14-18)17(10-2)23(7,8)21-12-4/h16-17H,9-15,18H2,1-8H3. The van der Waals surface area contributed by atoms with Gasteiger partial charge in [0, 0.05) is 24.5 Å². The van der Waals surface area contributed by atoms with E-state index in [-0.39, 0.29) is 0 Å². The van der Waals surface area contributed by atoms with E-state index >= 15 is 0 Å². The molecule has 0 saturated heterocycles. The molecule has 2 unspecified atom stereocenters. The van der Waals surface area contributed by atoms with Gasteiger partial charge in [0.15, 0.2) is 0 Å². The Morgan fingerprint density at radius 3 is 1.48 bits per heavy atom. The highest BCUT2D eigenvalue weighted by atomic mass is 28.4. The van der Waals surface area contributed by atoms with Crippen LogP contribution in [-0.2, 0) is 8.85 Å². The van der Waals surface area contributed by atoms with Gasteiger partial charge in [0.1, 0.15) is 0 Å². The van der Waals surface area contributed by atoms with E-state index in [0.717, 1.165) is 45.6 Å². The minimum absolute atomic E-state index is 0.520. The van der Waals surface area contributed by atoms with E-state index in [4.69, 9.17) is 14.6 Å². The fourth-order valence-corrected chi connectivity index (χ4v) is 10.2. The number of nitrogens with zero attached hydrogens (tertiary/aromatic N) is 1. The quantitative estimate of drug-likeness (QED) is 0.507. The van der Waals surface area contributed by atoms with Crippen molar-refractivity contribution in [3.63, 3.8) is 0 Å². The lowest BCUT2D eigenvalue weighted by Crippen LogP contribution is -2.64. The van der Waals surface area contributed by atoms with Gasteiger partial charge in [-0.2, -0.15) is 0 Å². The Morgan fingerprint density at radius 1 is 0.826 bits per heavy atom. The molecule has 0 aromatic heterocycles. The molecule has 0 aliphatic rings. The summed E-state index contributed by atoms with van der Waals surface area (Å²) in [5.41, 5.74) is 6.87. The lowest BCUT2D eigenvalue weighted by molar-refractivity contribution is 0.160. The van der Waals surface area contributed by atoms with Gasteiger partial charge >= 0.3 is 0 Å². The minimum atomic E-state index is -1.77. The Labute approximate surface area is 147 Å². The van der Waals surface area contributed by atoms with Gasteiger partial charge in [-0.25, -0.2) is 0 Å². The van der Waals surface area contributed by atoms with Crippen LogP contribution in [0.1, 0.15) is 47.0 Å². The van der Waals surface area contributed by atoms with Gasteiger partial charge in [0.25, 0.3) is 0 Å². The monoisotopic (exact) mass is 362 g/mol. The summed E-state index contributed by atoms with van der Waals surface area (Å²) in [6, 6.07) is 0. The Kier molecular flexibility index (Phi) is 11.1. The van der Waals surface area contributed by atoms with Crippen molar-refractivity contribution in [2.45, 2.75) is 84.5 Å². The van der Waals surface area contributed by atoms with Crippen LogP contribution in [0.5, 0.6) is 0 Å². The predicted octanol–water partition coefficient (Wildman–Crippen LogP) is 3.76. The molecule has 0 aromatic rings. The van der Waals surface area contributed by atoms with E-state index in [9.17, 15) is 0 Å². The van der Waals surface area contributed by atoms with E-state index in [1.54, 1.807) is 0 Å². The molecule has 0 fully saturated rings. The maximum Gasteiger partial charge on any atom is 0.203 e. The van der Waals surface area contributed by atoms with Crippen molar-refractivity contribution in [3.05, 3.63) is 0 Å². The lowest BCUT2D eigenvalue weighted by Gasteiger charge is -2.48. The predicted molar refractivity (Wildman–Crippen MR) is 107 cm³/mol. The zero-order chi connectivity index (χ0) is 18.1. The van der Waals surface area contributed by atoms with E-state index in [2.05, 4.69) is 58.8 Å². The molecule has 4 nitrogen and oxygen atoms in total. The average molecular weight is 363 g/mol. The van der Waals surface area contributed by atoms with Crippen LogP contribution in [0.4, 0.5) is 0 Å². The molecule has 0 aromatic carbocycles. The average Bonchev–Trinajstić information content (AvgIpc) is 2.44. The zero-order valence-corrected chi connectivity index (χ0v) is 18.9. The van der Waals surface area contributed by atoms with Crippen LogP contribution in [0.2, 0.25) is 26.2 Å². The first kappa shape index (κ1) is 23.3. The number of hydrogen-bond acceptors (Lipinski definition) is 4. The van der Waals surface area contributed by atoms with Crippen LogP contribution < -0.4 is 5.73 Å². The molecule has 0 aliphatic carbocycles. The second-order valence-electron chi connectivity index (χ2n) is 7.30. The number of nitrogens with two attached hydrogens (primary N) is 1. The second-order valence-corrected chi connectivity index (χ2v) is 15.6. The summed E-state index contributed by atoms with van der Waals surface area (Å²) in [7, 11) is -3.55. The highest BCUT2D eigenvalue weighted by molar-refractivity contribution is 6.74. The largest absolute Gasteiger partial charge is 0.416 e. The highest BCUT2D eigenvalue weighted by Gasteiger charge is 2.44. The molecule has 23 heavy (non-hydrogen) atoms. The summed E-state index contributed by atoms with van der Waals surface area (Å²) in [5.74, 6) is 0. The van der Waals surface area contributed by atoms with Crippen LogP contribution in [0.25, 0.3) is 0 Å². The minimum Gasteiger partial charge on any atom is -0.416 e. The highest BCUT2D eigenvalue weighted by Crippen LogP contribution is 2.28. The maximum atomic E-state index is 6.25. The molecule has 2 N–H and O–H groups in total. The Morgan fingerprint density at radius 2 is 1.22 bits per heavy atom. The van der Waals surface area contributed by atoms with Crippen LogP contribution >= 0.6 is 0 Å². The van der Waals surface area contributed by atoms with Gasteiger partial charge < -0.3 is 14.6 Å². The fourth-order valence-electron chi connectivity index (χ4n) is 3.99. The van der Waals surface area contributed by atoms with E-state index in [0.29, 0.717) is 11.3 Å². The maximum absolute atomic E-state index is 6.25. The van der Waals surface area contributed by atoms with E-state index in [1.165, 1.54) is 0 Å². The van der Waals surface area contributed by atoms with Crippen molar-refractivity contribution in [1.82, 2.24) is 4.90 Å². The van der Waals surface area contributed by atoms with Gasteiger partial charge in [-0.05, 0) is 72.4 Å². The third-order valence-electron chi connectivity index (χ3n) is 4.83. The molecular weight excluding hydrogens is 320 g/mol. The van der Waals surface area contributed by atoms with E-state index < -0.39 is 16.6 Å². The van der Waals surface area contributed by atoms with Gasteiger partial charge in [0.05, 0.1) is 0 Å². The third kappa shape index (κ3) is 6.96. The SMILES string of the molecule is CCO[Si](C)(C)C(CC)N(CCCN)C(CC)[Si](C)(C)OCC. The Hall–Kier alpha value is 0.274. The normalized spacial score (nSPS) is 15.9. The number of hydrogen-bond donors (Lipinski definition) is 1. The fraction of sp³-hybridized carbons (Fsp3) is 1.00. The van der Waals surface area contributed by atoms with Crippen molar-refractivity contribution in [2.24, 2.45) is 5.73 Å². The summed E-state index contributed by atoms with van der Waals surface area (Å²) in [5, 5.41) is 0. The molecule has 0 bridgehead atoms. The molecule has 0 radical (unpaired) electrons. The van der Waals surface area contributed by atoms with Crippen LogP contribution in [-0.4, -0.2) is 59.2 Å². The second kappa shape index (κ2) is 11.0. The van der Waals surface area contributed by atoms with Crippen LogP contribution in [0, 0.1) is 0 Å². The van der Waals surface area contributed by atoms with Crippen molar-refractivity contribution >= 4 is 16.6 Å². The van der Waals surface area contributed by atoms with Crippen LogP contribution in [0.3, 0.4) is 0 Å². The molecule has 0 saturated carbocycles.